The summed E-state index contributed by atoms with van der Waals surface area (Å²) in [6.45, 7) is 2.67. The van der Waals surface area contributed by atoms with Crippen molar-refractivity contribution in [3.63, 3.8) is 0 Å². The quantitative estimate of drug-likeness (QED) is 0.749. The fourth-order valence-corrected chi connectivity index (χ4v) is 2.07. The molecule has 1 aromatic heterocycles. The molecular weight excluding hydrogens is 232 g/mol. The first-order chi connectivity index (χ1) is 8.81. The first-order valence-electron chi connectivity index (χ1n) is 6.10. The maximum atomic E-state index is 11.9. The monoisotopic (exact) mass is 250 g/mol. The zero-order valence-corrected chi connectivity index (χ0v) is 10.5. The topological polar surface area (TPSA) is 67.3 Å². The minimum absolute atomic E-state index is 0.0314. The first-order valence-corrected chi connectivity index (χ1v) is 6.10. The van der Waals surface area contributed by atoms with E-state index in [0.717, 1.165) is 18.8 Å². The largest absolute Gasteiger partial charge is 0.383 e. The standard InChI is InChI=1S/C12H18N4O2/c1-18-8-6-13-12(17)10-4-7-16(9-10)11-3-2-5-14-15-11/h2-3,5,10H,4,6-9H2,1H3,(H,13,17). The van der Waals surface area contributed by atoms with Crippen molar-refractivity contribution in [2.24, 2.45) is 5.92 Å². The molecule has 0 bridgehead atoms. The predicted molar refractivity (Wildman–Crippen MR) is 67.2 cm³/mol. The Balaban J connectivity index is 1.83. The first kappa shape index (κ1) is 12.8. The molecule has 18 heavy (non-hydrogen) atoms. The summed E-state index contributed by atoms with van der Waals surface area (Å²) < 4.78 is 4.90. The summed E-state index contributed by atoms with van der Waals surface area (Å²) in [5.41, 5.74) is 0. The van der Waals surface area contributed by atoms with E-state index in [2.05, 4.69) is 20.4 Å². The van der Waals surface area contributed by atoms with E-state index in [9.17, 15) is 4.79 Å². The second kappa shape index (κ2) is 6.30. The SMILES string of the molecule is COCCNC(=O)C1CCN(c2cccnn2)C1. The van der Waals surface area contributed by atoms with Crippen LogP contribution in [0, 0.1) is 5.92 Å². The van der Waals surface area contributed by atoms with Crippen molar-refractivity contribution < 1.29 is 9.53 Å². The smallest absolute Gasteiger partial charge is 0.225 e. The van der Waals surface area contributed by atoms with Crippen molar-refractivity contribution in [1.29, 1.82) is 0 Å². The van der Waals surface area contributed by atoms with Crippen molar-refractivity contribution in [1.82, 2.24) is 15.5 Å². The molecule has 6 nitrogen and oxygen atoms in total. The lowest BCUT2D eigenvalue weighted by atomic mass is 10.1. The number of hydrogen-bond acceptors (Lipinski definition) is 5. The molecule has 0 aromatic carbocycles. The van der Waals surface area contributed by atoms with Crippen LogP contribution in [0.2, 0.25) is 0 Å². The molecule has 1 N–H and O–H groups in total. The van der Waals surface area contributed by atoms with Crippen LogP contribution in [0.1, 0.15) is 6.42 Å². The van der Waals surface area contributed by atoms with E-state index in [4.69, 9.17) is 4.74 Å². The van der Waals surface area contributed by atoms with Gasteiger partial charge in [-0.1, -0.05) is 0 Å². The number of carbonyl (C=O) groups excluding carboxylic acids is 1. The number of rotatable bonds is 5. The van der Waals surface area contributed by atoms with Crippen LogP contribution >= 0.6 is 0 Å². The lowest BCUT2D eigenvalue weighted by Crippen LogP contribution is -2.34. The maximum Gasteiger partial charge on any atom is 0.225 e. The summed E-state index contributed by atoms with van der Waals surface area (Å²) in [6, 6.07) is 3.77. The highest BCUT2D eigenvalue weighted by Gasteiger charge is 2.28. The highest BCUT2D eigenvalue weighted by atomic mass is 16.5. The number of ether oxygens (including phenoxy) is 1. The summed E-state index contributed by atoms with van der Waals surface area (Å²) in [6.07, 6.45) is 2.50. The van der Waals surface area contributed by atoms with Crippen LogP contribution in [-0.2, 0) is 9.53 Å². The van der Waals surface area contributed by atoms with Crippen molar-refractivity contribution in [3.8, 4) is 0 Å². The van der Waals surface area contributed by atoms with Crippen molar-refractivity contribution in [3.05, 3.63) is 18.3 Å². The second-order valence-electron chi connectivity index (χ2n) is 4.30. The van der Waals surface area contributed by atoms with Gasteiger partial charge in [-0.2, -0.15) is 5.10 Å². The molecule has 6 heteroatoms. The van der Waals surface area contributed by atoms with E-state index in [0.29, 0.717) is 19.7 Å². The number of hydrogen-bond donors (Lipinski definition) is 1. The Morgan fingerprint density at radius 1 is 1.67 bits per heavy atom. The van der Waals surface area contributed by atoms with Crippen LogP contribution < -0.4 is 10.2 Å². The van der Waals surface area contributed by atoms with Gasteiger partial charge in [-0.3, -0.25) is 4.79 Å². The van der Waals surface area contributed by atoms with Gasteiger partial charge in [0.2, 0.25) is 5.91 Å². The fourth-order valence-electron chi connectivity index (χ4n) is 2.07. The second-order valence-corrected chi connectivity index (χ2v) is 4.30. The Morgan fingerprint density at radius 2 is 2.56 bits per heavy atom. The summed E-state index contributed by atoms with van der Waals surface area (Å²) in [4.78, 5) is 14.0. The Labute approximate surface area is 106 Å². The minimum Gasteiger partial charge on any atom is -0.383 e. The molecule has 1 amide bonds. The Morgan fingerprint density at radius 3 is 3.28 bits per heavy atom. The average Bonchev–Trinajstić information content (AvgIpc) is 2.89. The van der Waals surface area contributed by atoms with Crippen LogP contribution in [-0.4, -0.2) is 49.5 Å². The third-order valence-corrected chi connectivity index (χ3v) is 3.05. The van der Waals surface area contributed by atoms with E-state index in [-0.39, 0.29) is 11.8 Å². The van der Waals surface area contributed by atoms with Gasteiger partial charge in [-0.15, -0.1) is 5.10 Å². The van der Waals surface area contributed by atoms with Gasteiger partial charge in [0.25, 0.3) is 0 Å². The third-order valence-electron chi connectivity index (χ3n) is 3.05. The van der Waals surface area contributed by atoms with E-state index in [1.165, 1.54) is 0 Å². The van der Waals surface area contributed by atoms with E-state index in [1.54, 1.807) is 13.3 Å². The molecular formula is C12H18N4O2. The van der Waals surface area contributed by atoms with Gasteiger partial charge in [0, 0.05) is 32.9 Å². The number of anilines is 1. The fraction of sp³-hybridized carbons (Fsp3) is 0.583. The van der Waals surface area contributed by atoms with E-state index >= 15 is 0 Å². The van der Waals surface area contributed by atoms with Crippen LogP contribution in [0.4, 0.5) is 5.82 Å². The number of amides is 1. The molecule has 0 spiro atoms. The van der Waals surface area contributed by atoms with Crippen molar-refractivity contribution >= 4 is 11.7 Å². The molecule has 1 aliphatic rings. The molecule has 1 atom stereocenters. The van der Waals surface area contributed by atoms with Gasteiger partial charge in [-0.25, -0.2) is 0 Å². The van der Waals surface area contributed by atoms with Crippen LogP contribution in [0.15, 0.2) is 18.3 Å². The molecule has 0 saturated carbocycles. The Bertz CT molecular complexity index is 385. The molecule has 2 rings (SSSR count). The normalized spacial score (nSPS) is 18.9. The van der Waals surface area contributed by atoms with Crippen molar-refractivity contribution in [2.45, 2.75) is 6.42 Å². The molecule has 1 saturated heterocycles. The van der Waals surface area contributed by atoms with Crippen LogP contribution in [0.5, 0.6) is 0 Å². The van der Waals surface area contributed by atoms with Crippen LogP contribution in [0.3, 0.4) is 0 Å². The summed E-state index contributed by atoms with van der Waals surface area (Å²) >= 11 is 0. The lowest BCUT2D eigenvalue weighted by Gasteiger charge is -2.16. The van der Waals surface area contributed by atoms with Gasteiger partial charge < -0.3 is 15.0 Å². The van der Waals surface area contributed by atoms with Gasteiger partial charge in [0.05, 0.1) is 12.5 Å². The molecule has 0 aliphatic carbocycles. The molecule has 1 unspecified atom stereocenters. The van der Waals surface area contributed by atoms with E-state index < -0.39 is 0 Å². The van der Waals surface area contributed by atoms with Gasteiger partial charge in [0.15, 0.2) is 5.82 Å². The lowest BCUT2D eigenvalue weighted by molar-refractivity contribution is -0.124. The summed E-state index contributed by atoms with van der Waals surface area (Å²) in [7, 11) is 1.62. The zero-order chi connectivity index (χ0) is 12.8. The number of nitrogens with one attached hydrogen (secondary N) is 1. The maximum absolute atomic E-state index is 11.9. The molecule has 1 aliphatic heterocycles. The summed E-state index contributed by atoms with van der Waals surface area (Å²) in [5, 5.41) is 10.8. The number of aromatic nitrogens is 2. The van der Waals surface area contributed by atoms with Gasteiger partial charge >= 0.3 is 0 Å². The molecule has 1 fully saturated rings. The zero-order valence-electron chi connectivity index (χ0n) is 10.5. The minimum atomic E-state index is 0.0314. The molecule has 1 aromatic rings. The molecule has 2 heterocycles. The molecule has 0 radical (unpaired) electrons. The Kier molecular flexibility index (Phi) is 4.46. The Hall–Kier alpha value is -1.69. The molecule has 98 valence electrons. The average molecular weight is 250 g/mol. The highest BCUT2D eigenvalue weighted by Crippen LogP contribution is 2.21. The number of carbonyl (C=O) groups is 1. The van der Waals surface area contributed by atoms with E-state index in [1.807, 2.05) is 12.1 Å². The summed E-state index contributed by atoms with van der Waals surface area (Å²) in [5.74, 6) is 0.965. The van der Waals surface area contributed by atoms with Crippen LogP contribution in [0.25, 0.3) is 0 Å². The van der Waals surface area contributed by atoms with Gasteiger partial charge in [0.1, 0.15) is 0 Å². The van der Waals surface area contributed by atoms with Crippen molar-refractivity contribution in [2.75, 3.05) is 38.3 Å². The van der Waals surface area contributed by atoms with Gasteiger partial charge in [-0.05, 0) is 18.6 Å². The number of methoxy groups -OCH3 is 1. The highest BCUT2D eigenvalue weighted by molar-refractivity contribution is 5.80. The number of nitrogens with zero attached hydrogens (tertiary/aromatic N) is 3. The third kappa shape index (κ3) is 3.16. The predicted octanol–water partition coefficient (Wildman–Crippen LogP) is 0.0655.